The van der Waals surface area contributed by atoms with Crippen molar-refractivity contribution in [3.63, 3.8) is 0 Å². The molecule has 3 rings (SSSR count). The molecule has 0 atom stereocenters. The molecule has 0 saturated carbocycles. The molecule has 0 aliphatic heterocycles. The lowest BCUT2D eigenvalue weighted by Gasteiger charge is -2.08. The van der Waals surface area contributed by atoms with Crippen LogP contribution in [0.4, 0.5) is 18.9 Å². The fraction of sp³-hybridized carbons (Fsp3) is 0.0909. The molecule has 0 aliphatic rings. The molecule has 1 amide bonds. The highest BCUT2D eigenvalue weighted by Gasteiger charge is 2.30. The molecule has 0 saturated heterocycles. The maximum absolute atomic E-state index is 12.9. The van der Waals surface area contributed by atoms with Crippen molar-refractivity contribution >= 4 is 23.6 Å². The van der Waals surface area contributed by atoms with Gasteiger partial charge >= 0.3 is 12.1 Å². The van der Waals surface area contributed by atoms with Crippen molar-refractivity contribution < 1.29 is 37.4 Å². The Morgan fingerprint density at radius 3 is 2.52 bits per heavy atom. The van der Waals surface area contributed by atoms with Gasteiger partial charge in [0.05, 0.1) is 5.56 Å². The van der Waals surface area contributed by atoms with Crippen molar-refractivity contribution in [1.82, 2.24) is 0 Å². The van der Waals surface area contributed by atoms with E-state index in [2.05, 4.69) is 5.32 Å². The lowest BCUT2D eigenvalue weighted by molar-refractivity contribution is -0.137. The number of hydrogen-bond acceptors (Lipinski definition) is 4. The van der Waals surface area contributed by atoms with Crippen LogP contribution in [-0.4, -0.2) is 22.1 Å². The number of nitrogens with one attached hydrogen (secondary N) is 1. The molecule has 0 aliphatic carbocycles. The first-order valence-electron chi connectivity index (χ1n) is 8.88. The van der Waals surface area contributed by atoms with Crippen molar-refractivity contribution in [2.24, 2.45) is 0 Å². The van der Waals surface area contributed by atoms with Gasteiger partial charge in [-0.25, -0.2) is 4.79 Å². The fourth-order valence-corrected chi connectivity index (χ4v) is 2.80. The smallest absolute Gasteiger partial charge is 0.416 e. The van der Waals surface area contributed by atoms with Crippen molar-refractivity contribution in [2.45, 2.75) is 13.1 Å². The molecule has 1 heterocycles. The van der Waals surface area contributed by atoms with E-state index in [0.29, 0.717) is 0 Å². The van der Waals surface area contributed by atoms with E-state index >= 15 is 0 Å². The molecule has 0 unspecified atom stereocenters. The minimum absolute atomic E-state index is 0.173. The fourth-order valence-electron chi connectivity index (χ4n) is 2.80. The minimum atomic E-state index is -4.48. The van der Waals surface area contributed by atoms with Crippen LogP contribution >= 0.6 is 0 Å². The van der Waals surface area contributed by atoms with E-state index < -0.39 is 29.4 Å². The number of aryl methyl sites for hydroxylation is 1. The second-order valence-electron chi connectivity index (χ2n) is 6.60. The van der Waals surface area contributed by atoms with E-state index in [0.717, 1.165) is 24.3 Å². The normalized spacial score (nSPS) is 11.6. The van der Waals surface area contributed by atoms with Crippen LogP contribution in [0.1, 0.15) is 27.2 Å². The Kier molecular flexibility index (Phi) is 5.87. The van der Waals surface area contributed by atoms with Gasteiger partial charge in [0.25, 0.3) is 0 Å². The molecule has 0 spiro atoms. The minimum Gasteiger partial charge on any atom is -0.507 e. The van der Waals surface area contributed by atoms with E-state index in [9.17, 15) is 27.9 Å². The zero-order chi connectivity index (χ0) is 22.8. The number of alkyl halides is 3. The highest BCUT2D eigenvalue weighted by atomic mass is 19.4. The van der Waals surface area contributed by atoms with E-state index in [1.54, 1.807) is 0 Å². The summed E-state index contributed by atoms with van der Waals surface area (Å²) >= 11 is 0. The summed E-state index contributed by atoms with van der Waals surface area (Å²) in [5, 5.41) is 21.3. The summed E-state index contributed by atoms with van der Waals surface area (Å²) in [4.78, 5) is 23.3. The topological polar surface area (TPSA) is 99.8 Å². The van der Waals surface area contributed by atoms with Crippen LogP contribution in [0.25, 0.3) is 17.4 Å². The Labute approximate surface area is 174 Å². The molecule has 160 valence electrons. The number of rotatable bonds is 5. The zero-order valence-electron chi connectivity index (χ0n) is 16.0. The van der Waals surface area contributed by atoms with Crippen molar-refractivity contribution in [3.05, 3.63) is 77.1 Å². The highest BCUT2D eigenvalue weighted by Crippen LogP contribution is 2.33. The van der Waals surface area contributed by atoms with Crippen LogP contribution in [0.2, 0.25) is 0 Å². The number of carboxylic acid groups (broad SMARTS) is 1. The van der Waals surface area contributed by atoms with Crippen molar-refractivity contribution in [1.29, 1.82) is 0 Å². The molecular weight excluding hydrogens is 415 g/mol. The summed E-state index contributed by atoms with van der Waals surface area (Å²) in [5.74, 6) is -1.90. The van der Waals surface area contributed by atoms with Crippen LogP contribution < -0.4 is 5.32 Å². The third-order valence-corrected chi connectivity index (χ3v) is 4.30. The first-order valence-corrected chi connectivity index (χ1v) is 8.88. The maximum Gasteiger partial charge on any atom is 0.416 e. The number of furan rings is 1. The van der Waals surface area contributed by atoms with Crippen LogP contribution in [0, 0.1) is 6.92 Å². The summed E-state index contributed by atoms with van der Waals surface area (Å²) in [5.41, 5.74) is -0.471. The number of benzene rings is 2. The van der Waals surface area contributed by atoms with Crippen LogP contribution in [0.3, 0.4) is 0 Å². The second-order valence-corrected chi connectivity index (χ2v) is 6.60. The quantitative estimate of drug-likeness (QED) is 0.375. The van der Waals surface area contributed by atoms with Crippen LogP contribution in [0.15, 0.2) is 59.0 Å². The molecule has 3 N–H and O–H groups in total. The van der Waals surface area contributed by atoms with Gasteiger partial charge in [-0.05, 0) is 55.0 Å². The summed E-state index contributed by atoms with van der Waals surface area (Å²) < 4.78 is 44.1. The van der Waals surface area contributed by atoms with E-state index in [4.69, 9.17) is 9.52 Å². The molecule has 31 heavy (non-hydrogen) atoms. The Hall–Kier alpha value is -4.01. The van der Waals surface area contributed by atoms with Gasteiger partial charge in [0, 0.05) is 17.3 Å². The predicted octanol–water partition coefficient (Wildman–Crippen LogP) is 5.33. The number of carboxylic acids is 1. The van der Waals surface area contributed by atoms with Gasteiger partial charge in [-0.15, -0.1) is 0 Å². The molecule has 3 aromatic rings. The summed E-state index contributed by atoms with van der Waals surface area (Å²) in [7, 11) is 0. The number of anilines is 1. The van der Waals surface area contributed by atoms with Gasteiger partial charge in [0.2, 0.25) is 5.91 Å². The largest absolute Gasteiger partial charge is 0.507 e. The van der Waals surface area contributed by atoms with Crippen LogP contribution in [0.5, 0.6) is 5.75 Å². The van der Waals surface area contributed by atoms with Gasteiger partial charge in [0.1, 0.15) is 22.8 Å². The van der Waals surface area contributed by atoms with Gasteiger partial charge < -0.3 is 19.9 Å². The van der Waals surface area contributed by atoms with Gasteiger partial charge in [-0.1, -0.05) is 12.1 Å². The molecule has 0 fully saturated rings. The number of amides is 1. The van der Waals surface area contributed by atoms with Gasteiger partial charge in [-0.3, -0.25) is 4.79 Å². The summed E-state index contributed by atoms with van der Waals surface area (Å²) in [6.45, 7) is 1.49. The lowest BCUT2D eigenvalue weighted by Crippen LogP contribution is -2.09. The summed E-state index contributed by atoms with van der Waals surface area (Å²) in [6, 6.07) is 10.2. The number of aromatic hydroxyl groups is 1. The first-order chi connectivity index (χ1) is 14.5. The van der Waals surface area contributed by atoms with E-state index in [1.807, 2.05) is 0 Å². The standard InChI is InChI=1S/C22H16F3NO5/c1-12-9-15(11-17(20(12)28)21(29)30)26-19(27)8-6-16-5-7-18(31-16)13-3-2-4-14(10-13)22(23,24)25/h2-11,28H,1H3,(H,26,27)(H,29,30)/b8-6+. The highest BCUT2D eigenvalue weighted by molar-refractivity contribution is 6.03. The molecule has 6 nitrogen and oxygen atoms in total. The van der Waals surface area contributed by atoms with E-state index in [1.165, 1.54) is 43.3 Å². The van der Waals surface area contributed by atoms with Gasteiger partial charge in [-0.2, -0.15) is 13.2 Å². The lowest BCUT2D eigenvalue weighted by atomic mass is 10.1. The third kappa shape index (κ3) is 5.13. The number of phenols is 1. The molecule has 0 bridgehead atoms. The molecule has 9 heteroatoms. The predicted molar refractivity (Wildman–Crippen MR) is 107 cm³/mol. The number of hydrogen-bond donors (Lipinski definition) is 3. The third-order valence-electron chi connectivity index (χ3n) is 4.30. The molecule has 0 radical (unpaired) electrons. The average Bonchev–Trinajstić information content (AvgIpc) is 3.17. The van der Waals surface area contributed by atoms with Gasteiger partial charge in [0.15, 0.2) is 0 Å². The number of carbonyl (C=O) groups excluding carboxylic acids is 1. The molecular formula is C22H16F3NO5. The zero-order valence-corrected chi connectivity index (χ0v) is 16.0. The molecule has 2 aromatic carbocycles. The number of carbonyl (C=O) groups is 2. The second kappa shape index (κ2) is 8.39. The first kappa shape index (κ1) is 21.7. The van der Waals surface area contributed by atoms with E-state index in [-0.39, 0.29) is 33.9 Å². The summed E-state index contributed by atoms with van der Waals surface area (Å²) in [6.07, 6.45) is -2.04. The Morgan fingerprint density at radius 2 is 1.84 bits per heavy atom. The van der Waals surface area contributed by atoms with Crippen molar-refractivity contribution in [3.8, 4) is 17.1 Å². The van der Waals surface area contributed by atoms with Crippen LogP contribution in [-0.2, 0) is 11.0 Å². The Bertz CT molecular complexity index is 1180. The number of aromatic carboxylic acids is 1. The average molecular weight is 431 g/mol. The molecule has 1 aromatic heterocycles. The Balaban J connectivity index is 1.73. The monoisotopic (exact) mass is 431 g/mol. The maximum atomic E-state index is 12.9. The van der Waals surface area contributed by atoms with Crippen molar-refractivity contribution in [2.75, 3.05) is 5.32 Å². The SMILES string of the molecule is Cc1cc(NC(=O)/C=C/c2ccc(-c3cccc(C(F)(F)F)c3)o2)cc(C(=O)O)c1O. The number of halogens is 3. The Morgan fingerprint density at radius 1 is 1.10 bits per heavy atom.